The van der Waals surface area contributed by atoms with Crippen molar-refractivity contribution in [1.29, 1.82) is 0 Å². The first-order valence-electron chi connectivity index (χ1n) is 6.10. The number of carbonyl (C=O) groups excluding carboxylic acids is 1. The molecule has 0 spiro atoms. The number of nitrogens with one attached hydrogen (secondary N) is 1. The molecule has 2 rings (SSSR count). The molecule has 6 nitrogen and oxygen atoms in total. The van der Waals surface area contributed by atoms with E-state index in [1.165, 1.54) is 11.8 Å². The molecule has 1 fully saturated rings. The van der Waals surface area contributed by atoms with Crippen molar-refractivity contribution >= 4 is 23.6 Å². The first-order chi connectivity index (χ1) is 9.49. The Morgan fingerprint density at radius 2 is 2.35 bits per heavy atom. The highest BCUT2D eigenvalue weighted by atomic mass is 32.2. The molecule has 1 aromatic heterocycles. The van der Waals surface area contributed by atoms with Gasteiger partial charge in [0.05, 0.1) is 24.8 Å². The summed E-state index contributed by atoms with van der Waals surface area (Å²) in [5.74, 6) is -1.30. The Balaban J connectivity index is 2.18. The summed E-state index contributed by atoms with van der Waals surface area (Å²) >= 11 is 1.37. The molecular formula is C13H16N2O4S. The van der Waals surface area contributed by atoms with Gasteiger partial charge < -0.3 is 15.2 Å². The van der Waals surface area contributed by atoms with Crippen molar-refractivity contribution in [2.75, 3.05) is 19.5 Å². The van der Waals surface area contributed by atoms with Gasteiger partial charge in [-0.2, -0.15) is 0 Å². The minimum Gasteiger partial charge on any atom is -0.481 e. The Bertz CT molecular complexity index is 537. The van der Waals surface area contributed by atoms with Crippen molar-refractivity contribution in [2.45, 2.75) is 18.0 Å². The number of carbonyl (C=O) groups is 2. The van der Waals surface area contributed by atoms with E-state index in [1.54, 1.807) is 25.3 Å². The third-order valence-corrected chi connectivity index (χ3v) is 4.17. The van der Waals surface area contributed by atoms with Gasteiger partial charge in [-0.05, 0) is 25.3 Å². The van der Waals surface area contributed by atoms with Crippen LogP contribution in [0.3, 0.4) is 0 Å². The number of rotatable bonds is 4. The SMILES string of the molecule is CSc1ncccc1C(=O)NC1COCC1(C)C(=O)O. The Kier molecular flexibility index (Phi) is 4.29. The van der Waals surface area contributed by atoms with Crippen LogP contribution in [0, 0.1) is 5.41 Å². The van der Waals surface area contributed by atoms with Crippen LogP contribution in [0.5, 0.6) is 0 Å². The van der Waals surface area contributed by atoms with Gasteiger partial charge in [-0.3, -0.25) is 9.59 Å². The van der Waals surface area contributed by atoms with Gasteiger partial charge in [-0.15, -0.1) is 11.8 Å². The van der Waals surface area contributed by atoms with Crippen LogP contribution in [-0.2, 0) is 9.53 Å². The lowest BCUT2D eigenvalue weighted by Gasteiger charge is -2.25. The lowest BCUT2D eigenvalue weighted by molar-refractivity contribution is -0.148. The highest BCUT2D eigenvalue weighted by Gasteiger charge is 2.47. The van der Waals surface area contributed by atoms with E-state index in [-0.39, 0.29) is 19.1 Å². The Morgan fingerprint density at radius 1 is 1.60 bits per heavy atom. The molecule has 1 aromatic rings. The molecule has 1 saturated heterocycles. The van der Waals surface area contributed by atoms with E-state index >= 15 is 0 Å². The normalized spacial score (nSPS) is 25.4. The molecule has 7 heteroatoms. The van der Waals surface area contributed by atoms with Crippen LogP contribution in [0.1, 0.15) is 17.3 Å². The minimum absolute atomic E-state index is 0.0930. The van der Waals surface area contributed by atoms with Crippen molar-refractivity contribution in [3.05, 3.63) is 23.9 Å². The molecule has 1 amide bonds. The molecule has 0 aromatic carbocycles. The quantitative estimate of drug-likeness (QED) is 0.807. The van der Waals surface area contributed by atoms with Gasteiger partial charge in [0.25, 0.3) is 5.91 Å². The largest absolute Gasteiger partial charge is 0.481 e. The zero-order chi connectivity index (χ0) is 14.8. The molecule has 20 heavy (non-hydrogen) atoms. The second kappa shape index (κ2) is 5.80. The lowest BCUT2D eigenvalue weighted by Crippen LogP contribution is -2.49. The fourth-order valence-corrected chi connectivity index (χ4v) is 2.59. The summed E-state index contributed by atoms with van der Waals surface area (Å²) in [6.45, 7) is 1.87. The first-order valence-corrected chi connectivity index (χ1v) is 7.32. The fraction of sp³-hybridized carbons (Fsp3) is 0.462. The molecule has 0 aliphatic carbocycles. The van der Waals surface area contributed by atoms with Crippen molar-refractivity contribution in [3.63, 3.8) is 0 Å². The van der Waals surface area contributed by atoms with Crippen LogP contribution in [0.2, 0.25) is 0 Å². The van der Waals surface area contributed by atoms with Gasteiger partial charge in [-0.25, -0.2) is 4.98 Å². The summed E-state index contributed by atoms with van der Waals surface area (Å²) in [4.78, 5) is 27.7. The maximum Gasteiger partial charge on any atom is 0.313 e. The second-order valence-corrected chi connectivity index (χ2v) is 5.62. The zero-order valence-corrected chi connectivity index (χ0v) is 12.1. The number of aromatic nitrogens is 1. The van der Waals surface area contributed by atoms with Gasteiger partial charge in [0, 0.05) is 6.20 Å². The lowest BCUT2D eigenvalue weighted by atomic mass is 9.85. The van der Waals surface area contributed by atoms with Crippen LogP contribution in [0.25, 0.3) is 0 Å². The second-order valence-electron chi connectivity index (χ2n) is 4.82. The average molecular weight is 296 g/mol. The predicted molar refractivity (Wildman–Crippen MR) is 73.8 cm³/mol. The molecule has 2 N–H and O–H groups in total. The van der Waals surface area contributed by atoms with E-state index in [0.717, 1.165) is 0 Å². The minimum atomic E-state index is -1.10. The highest BCUT2D eigenvalue weighted by molar-refractivity contribution is 7.98. The van der Waals surface area contributed by atoms with E-state index in [0.29, 0.717) is 10.6 Å². The Morgan fingerprint density at radius 3 is 3.00 bits per heavy atom. The topological polar surface area (TPSA) is 88.5 Å². The predicted octanol–water partition coefficient (Wildman–Crippen LogP) is 1.02. The van der Waals surface area contributed by atoms with Gasteiger partial charge >= 0.3 is 5.97 Å². The molecule has 2 unspecified atom stereocenters. The summed E-state index contributed by atoms with van der Waals surface area (Å²) in [7, 11) is 0. The number of pyridine rings is 1. The third kappa shape index (κ3) is 2.64. The van der Waals surface area contributed by atoms with Gasteiger partial charge in [0.2, 0.25) is 0 Å². The molecule has 1 aliphatic rings. The van der Waals surface area contributed by atoms with Crippen LogP contribution in [-0.4, -0.2) is 47.5 Å². The van der Waals surface area contributed by atoms with E-state index in [2.05, 4.69) is 10.3 Å². The number of hydrogen-bond donors (Lipinski definition) is 2. The Hall–Kier alpha value is -1.60. The van der Waals surface area contributed by atoms with Gasteiger partial charge in [0.1, 0.15) is 10.4 Å². The first kappa shape index (κ1) is 14.8. The number of ether oxygens (including phenoxy) is 1. The summed E-state index contributed by atoms with van der Waals surface area (Å²) in [5, 5.41) is 12.6. The van der Waals surface area contributed by atoms with Crippen molar-refractivity contribution in [3.8, 4) is 0 Å². The average Bonchev–Trinajstić information content (AvgIpc) is 2.81. The molecule has 1 aliphatic heterocycles. The maximum atomic E-state index is 12.3. The van der Waals surface area contributed by atoms with E-state index in [4.69, 9.17) is 4.74 Å². The number of nitrogens with zero attached hydrogens (tertiary/aromatic N) is 1. The van der Waals surface area contributed by atoms with E-state index in [1.807, 2.05) is 6.26 Å². The third-order valence-electron chi connectivity index (χ3n) is 3.46. The summed E-state index contributed by atoms with van der Waals surface area (Å²) in [6, 6.07) is 2.79. The van der Waals surface area contributed by atoms with Crippen molar-refractivity contribution in [1.82, 2.24) is 10.3 Å². The zero-order valence-electron chi connectivity index (χ0n) is 11.3. The van der Waals surface area contributed by atoms with Crippen molar-refractivity contribution in [2.24, 2.45) is 5.41 Å². The summed E-state index contributed by atoms with van der Waals surface area (Å²) in [6.07, 6.45) is 3.45. The van der Waals surface area contributed by atoms with E-state index < -0.39 is 17.4 Å². The maximum absolute atomic E-state index is 12.3. The molecular weight excluding hydrogens is 280 g/mol. The number of carboxylic acids is 1. The molecule has 0 saturated carbocycles. The standard InChI is InChI=1S/C13H16N2O4S/c1-13(12(17)18)7-19-6-9(13)15-10(16)8-4-3-5-14-11(8)20-2/h3-5,9H,6-7H2,1-2H3,(H,15,16)(H,17,18). The molecule has 0 radical (unpaired) electrons. The fourth-order valence-electron chi connectivity index (χ4n) is 2.05. The van der Waals surface area contributed by atoms with Crippen molar-refractivity contribution < 1.29 is 19.4 Å². The van der Waals surface area contributed by atoms with Crippen LogP contribution in [0.15, 0.2) is 23.4 Å². The molecule has 2 heterocycles. The van der Waals surface area contributed by atoms with Crippen LogP contribution >= 0.6 is 11.8 Å². The monoisotopic (exact) mass is 296 g/mol. The molecule has 108 valence electrons. The molecule has 0 bridgehead atoms. The summed E-state index contributed by atoms with van der Waals surface area (Å²) < 4.78 is 5.21. The van der Waals surface area contributed by atoms with E-state index in [9.17, 15) is 14.7 Å². The number of amides is 1. The van der Waals surface area contributed by atoms with Crippen LogP contribution in [0.4, 0.5) is 0 Å². The number of carboxylic acid groups (broad SMARTS) is 1. The number of thioether (sulfide) groups is 1. The van der Waals surface area contributed by atoms with Gasteiger partial charge in [0.15, 0.2) is 0 Å². The van der Waals surface area contributed by atoms with Crippen LogP contribution < -0.4 is 5.32 Å². The molecule has 2 atom stereocenters. The van der Waals surface area contributed by atoms with Gasteiger partial charge in [-0.1, -0.05) is 0 Å². The Labute approximate surface area is 120 Å². The summed E-state index contributed by atoms with van der Waals surface area (Å²) in [5.41, 5.74) is -0.656. The highest BCUT2D eigenvalue weighted by Crippen LogP contribution is 2.29. The number of aliphatic carboxylic acids is 1. The smallest absolute Gasteiger partial charge is 0.313 e. The number of hydrogen-bond acceptors (Lipinski definition) is 5.